The third-order valence-electron chi connectivity index (χ3n) is 5.74. The summed E-state index contributed by atoms with van der Waals surface area (Å²) in [6.07, 6.45) is 4.99. The number of hydrogen-bond donors (Lipinski definition) is 1. The smallest absolute Gasteiger partial charge is 0.182 e. The van der Waals surface area contributed by atoms with Crippen LogP contribution < -0.4 is 4.74 Å². The number of aliphatic hydroxyl groups is 1. The molecule has 0 saturated heterocycles. The number of imidazole rings is 1. The van der Waals surface area contributed by atoms with E-state index in [2.05, 4.69) is 9.97 Å². The molecule has 1 aromatic carbocycles. The van der Waals surface area contributed by atoms with E-state index >= 15 is 0 Å². The van der Waals surface area contributed by atoms with Gasteiger partial charge in [-0.25, -0.2) is 13.8 Å². The second-order valence-electron chi connectivity index (χ2n) is 8.16. The maximum atomic E-state index is 14.0. The molecule has 6 nitrogen and oxygen atoms in total. The Kier molecular flexibility index (Phi) is 6.20. The number of aliphatic hydroxyl groups excluding tert-OH is 1. The predicted octanol–water partition coefficient (Wildman–Crippen LogP) is 4.42. The topological polar surface area (TPSA) is 76.7 Å². The fourth-order valence-corrected chi connectivity index (χ4v) is 3.83. The maximum absolute atomic E-state index is 14.0. The number of rotatable bonds is 8. The highest BCUT2D eigenvalue weighted by molar-refractivity contribution is 5.97. The Balaban J connectivity index is 1.64. The zero-order chi connectivity index (χ0) is 23.6. The Labute approximate surface area is 189 Å². The van der Waals surface area contributed by atoms with Gasteiger partial charge in [0.15, 0.2) is 17.2 Å². The van der Waals surface area contributed by atoms with E-state index in [0.29, 0.717) is 22.8 Å². The van der Waals surface area contributed by atoms with Crippen LogP contribution in [0.25, 0.3) is 5.65 Å². The lowest BCUT2D eigenvalue weighted by molar-refractivity contribution is 0.0912. The summed E-state index contributed by atoms with van der Waals surface area (Å²) < 4.78 is 35.2. The minimum Gasteiger partial charge on any atom is -0.485 e. The molecule has 4 rings (SSSR count). The van der Waals surface area contributed by atoms with Crippen molar-refractivity contribution in [2.24, 2.45) is 0 Å². The summed E-state index contributed by atoms with van der Waals surface area (Å²) in [5.74, 6) is -1.32. The van der Waals surface area contributed by atoms with Crippen LogP contribution in [0, 0.1) is 18.6 Å². The first kappa shape index (κ1) is 22.5. The molecular weight excluding hydrogens is 428 g/mol. The SMILES string of the molecule is Cc1nc2c(OCc3c(F)cccc3F)cccn2c1C(=O)CC(C)(CO)c1cccnc1. The second kappa shape index (κ2) is 9.07. The van der Waals surface area contributed by atoms with Gasteiger partial charge in [0.25, 0.3) is 0 Å². The second-order valence-corrected chi connectivity index (χ2v) is 8.16. The van der Waals surface area contributed by atoms with Crippen molar-refractivity contribution in [1.82, 2.24) is 14.4 Å². The molecule has 0 saturated carbocycles. The molecule has 8 heteroatoms. The predicted molar refractivity (Wildman–Crippen MR) is 118 cm³/mol. The lowest BCUT2D eigenvalue weighted by atomic mass is 9.79. The molecule has 0 spiro atoms. The summed E-state index contributed by atoms with van der Waals surface area (Å²) in [6, 6.07) is 10.5. The van der Waals surface area contributed by atoms with Gasteiger partial charge in [-0.3, -0.25) is 14.2 Å². The van der Waals surface area contributed by atoms with Gasteiger partial charge in [0.2, 0.25) is 0 Å². The average molecular weight is 451 g/mol. The molecule has 3 aromatic heterocycles. The monoisotopic (exact) mass is 451 g/mol. The van der Waals surface area contributed by atoms with Gasteiger partial charge in [-0.2, -0.15) is 0 Å². The lowest BCUT2D eigenvalue weighted by Gasteiger charge is -2.26. The Morgan fingerprint density at radius 1 is 1.15 bits per heavy atom. The van der Waals surface area contributed by atoms with Crippen LogP contribution in [0.15, 0.2) is 61.1 Å². The molecule has 0 aliphatic carbocycles. The first-order chi connectivity index (χ1) is 15.8. The molecule has 3 heterocycles. The minimum atomic E-state index is -0.821. The number of pyridine rings is 2. The molecule has 0 aliphatic rings. The van der Waals surface area contributed by atoms with Crippen molar-refractivity contribution >= 4 is 11.4 Å². The summed E-state index contributed by atoms with van der Waals surface area (Å²) in [5.41, 5.74) is 0.952. The van der Waals surface area contributed by atoms with Crippen LogP contribution in [0.3, 0.4) is 0 Å². The number of carbonyl (C=O) groups excluding carboxylic acids is 1. The molecule has 0 bridgehead atoms. The number of fused-ring (bicyclic) bond motifs is 1. The molecule has 1 unspecified atom stereocenters. The number of hydrogen-bond acceptors (Lipinski definition) is 5. The summed E-state index contributed by atoms with van der Waals surface area (Å²) >= 11 is 0. The van der Waals surface area contributed by atoms with Crippen molar-refractivity contribution in [2.75, 3.05) is 6.61 Å². The summed E-state index contributed by atoms with van der Waals surface area (Å²) in [7, 11) is 0. The van der Waals surface area contributed by atoms with Crippen molar-refractivity contribution in [1.29, 1.82) is 0 Å². The van der Waals surface area contributed by atoms with Crippen molar-refractivity contribution in [3.63, 3.8) is 0 Å². The molecule has 0 radical (unpaired) electrons. The largest absolute Gasteiger partial charge is 0.485 e. The van der Waals surface area contributed by atoms with Gasteiger partial charge in [0.05, 0.1) is 17.9 Å². The molecule has 1 N–H and O–H groups in total. The van der Waals surface area contributed by atoms with Crippen LogP contribution in [-0.4, -0.2) is 31.9 Å². The third kappa shape index (κ3) is 4.34. The van der Waals surface area contributed by atoms with Crippen LogP contribution >= 0.6 is 0 Å². The van der Waals surface area contributed by atoms with Gasteiger partial charge in [-0.05, 0) is 42.8 Å². The van der Waals surface area contributed by atoms with Gasteiger partial charge in [0.1, 0.15) is 23.9 Å². The molecular formula is C25H23F2N3O3. The summed E-state index contributed by atoms with van der Waals surface area (Å²) in [4.78, 5) is 21.9. The minimum absolute atomic E-state index is 0.0371. The van der Waals surface area contributed by atoms with Crippen molar-refractivity contribution in [2.45, 2.75) is 32.3 Å². The van der Waals surface area contributed by atoms with Crippen LogP contribution in [0.4, 0.5) is 8.78 Å². The van der Waals surface area contributed by atoms with Gasteiger partial charge in [0, 0.05) is 30.4 Å². The molecule has 4 aromatic rings. The van der Waals surface area contributed by atoms with E-state index in [9.17, 15) is 18.7 Å². The molecule has 170 valence electrons. The van der Waals surface area contributed by atoms with Crippen LogP contribution in [0.2, 0.25) is 0 Å². The zero-order valence-corrected chi connectivity index (χ0v) is 18.3. The number of aromatic nitrogens is 3. The lowest BCUT2D eigenvalue weighted by Crippen LogP contribution is -2.30. The van der Waals surface area contributed by atoms with Crippen molar-refractivity contribution < 1.29 is 23.4 Å². The number of carbonyl (C=O) groups is 1. The molecule has 0 fully saturated rings. The quantitative estimate of drug-likeness (QED) is 0.402. The molecule has 0 amide bonds. The van der Waals surface area contributed by atoms with Crippen molar-refractivity contribution in [3.05, 3.63) is 95.2 Å². The van der Waals surface area contributed by atoms with E-state index in [1.165, 1.54) is 18.2 Å². The first-order valence-corrected chi connectivity index (χ1v) is 10.4. The van der Waals surface area contributed by atoms with E-state index in [1.807, 2.05) is 6.07 Å². The number of nitrogens with zero attached hydrogens (tertiary/aromatic N) is 3. The van der Waals surface area contributed by atoms with Crippen LogP contribution in [-0.2, 0) is 12.0 Å². The fourth-order valence-electron chi connectivity index (χ4n) is 3.83. The molecule has 1 atom stereocenters. The summed E-state index contributed by atoms with van der Waals surface area (Å²) in [5, 5.41) is 10.1. The Morgan fingerprint density at radius 3 is 2.58 bits per heavy atom. The highest BCUT2D eigenvalue weighted by Gasteiger charge is 2.32. The standard InChI is InChI=1S/C25H23F2N3O3/c1-16-23(21(32)12-25(2,15-31)17-6-4-10-28-13-17)30-11-5-9-22(24(30)29-16)33-14-18-19(26)7-3-8-20(18)27/h3-11,13,31H,12,14-15H2,1-2H3. The number of aryl methyl sites for hydroxylation is 1. The highest BCUT2D eigenvalue weighted by Crippen LogP contribution is 2.30. The van der Waals surface area contributed by atoms with E-state index in [0.717, 1.165) is 5.56 Å². The van der Waals surface area contributed by atoms with Gasteiger partial charge in [-0.15, -0.1) is 0 Å². The number of benzene rings is 1. The van der Waals surface area contributed by atoms with Crippen molar-refractivity contribution in [3.8, 4) is 5.75 Å². The number of Topliss-reactive ketones (excluding diaryl/α,β-unsaturated/α-hetero) is 1. The number of halogens is 2. The van der Waals surface area contributed by atoms with Gasteiger partial charge < -0.3 is 9.84 Å². The van der Waals surface area contributed by atoms with E-state index in [1.54, 1.807) is 55.0 Å². The Hall–Kier alpha value is -3.65. The number of ether oxygens (including phenoxy) is 1. The maximum Gasteiger partial charge on any atom is 0.182 e. The van der Waals surface area contributed by atoms with E-state index in [4.69, 9.17) is 4.74 Å². The van der Waals surface area contributed by atoms with Gasteiger partial charge >= 0.3 is 0 Å². The average Bonchev–Trinajstić information content (AvgIpc) is 3.16. The first-order valence-electron chi connectivity index (χ1n) is 10.4. The summed E-state index contributed by atoms with van der Waals surface area (Å²) in [6.45, 7) is 2.96. The van der Waals surface area contributed by atoms with E-state index in [-0.39, 0.29) is 31.0 Å². The Morgan fingerprint density at radius 2 is 1.91 bits per heavy atom. The zero-order valence-electron chi connectivity index (χ0n) is 18.3. The highest BCUT2D eigenvalue weighted by atomic mass is 19.1. The van der Waals surface area contributed by atoms with Crippen LogP contribution in [0.5, 0.6) is 5.75 Å². The van der Waals surface area contributed by atoms with E-state index < -0.39 is 17.0 Å². The Bertz CT molecular complexity index is 1290. The number of ketones is 1. The third-order valence-corrected chi connectivity index (χ3v) is 5.74. The molecule has 33 heavy (non-hydrogen) atoms. The molecule has 0 aliphatic heterocycles. The van der Waals surface area contributed by atoms with Crippen LogP contribution in [0.1, 0.15) is 40.7 Å². The van der Waals surface area contributed by atoms with Gasteiger partial charge in [-0.1, -0.05) is 19.1 Å². The normalized spacial score (nSPS) is 13.1. The fraction of sp³-hybridized carbons (Fsp3) is 0.240.